The maximum Gasteiger partial charge on any atom is 0.125 e. The van der Waals surface area contributed by atoms with E-state index in [0.29, 0.717) is 6.54 Å². The topological polar surface area (TPSA) is 43.8 Å². The minimum atomic E-state index is -0.235. The Hall–Kier alpha value is -1.42. The molecule has 1 heterocycles. The Morgan fingerprint density at radius 1 is 1.40 bits per heavy atom. The molecule has 4 heteroatoms. The zero-order valence-electron chi connectivity index (χ0n) is 12.2. The van der Waals surface area contributed by atoms with Gasteiger partial charge >= 0.3 is 0 Å². The van der Waals surface area contributed by atoms with Crippen LogP contribution in [0.3, 0.4) is 0 Å². The Morgan fingerprint density at radius 2 is 2.10 bits per heavy atom. The number of fused-ring (bicyclic) bond motifs is 1. The summed E-state index contributed by atoms with van der Waals surface area (Å²) in [7, 11) is 2.01. The fourth-order valence-corrected chi connectivity index (χ4v) is 3.48. The van der Waals surface area contributed by atoms with Crippen LogP contribution in [0.1, 0.15) is 38.4 Å². The molecule has 0 atom stereocenters. The van der Waals surface area contributed by atoms with Crippen molar-refractivity contribution in [3.8, 4) is 0 Å². The van der Waals surface area contributed by atoms with Gasteiger partial charge in [-0.3, -0.25) is 0 Å². The lowest BCUT2D eigenvalue weighted by Crippen LogP contribution is -2.40. The lowest BCUT2D eigenvalue weighted by atomic mass is 9.70. The molecule has 3 rings (SSSR count). The number of hydrogen-bond acceptors (Lipinski definition) is 2. The van der Waals surface area contributed by atoms with E-state index in [-0.39, 0.29) is 11.2 Å². The third-order valence-electron chi connectivity index (χ3n) is 4.94. The van der Waals surface area contributed by atoms with E-state index >= 15 is 0 Å². The molecule has 0 radical (unpaired) electrons. The van der Waals surface area contributed by atoms with Crippen molar-refractivity contribution in [3.63, 3.8) is 0 Å². The minimum absolute atomic E-state index is 0.0449. The van der Waals surface area contributed by atoms with Crippen LogP contribution in [-0.4, -0.2) is 16.1 Å². The molecule has 0 spiro atoms. The average Bonchev–Trinajstić information content (AvgIpc) is 2.77. The summed E-state index contributed by atoms with van der Waals surface area (Å²) >= 11 is 0. The normalized spacial score (nSPS) is 27.1. The molecule has 1 aliphatic carbocycles. The summed E-state index contributed by atoms with van der Waals surface area (Å²) in [5.74, 6) is 1.55. The predicted molar refractivity (Wildman–Crippen MR) is 79.0 cm³/mol. The number of nitrogens with zero attached hydrogens (tertiary/aromatic N) is 2. The van der Waals surface area contributed by atoms with Gasteiger partial charge in [-0.15, -0.1) is 0 Å². The van der Waals surface area contributed by atoms with Gasteiger partial charge < -0.3 is 10.3 Å². The second-order valence-corrected chi connectivity index (χ2v) is 6.29. The number of nitrogens with two attached hydrogens (primary N) is 1. The van der Waals surface area contributed by atoms with Crippen LogP contribution >= 0.6 is 0 Å². The van der Waals surface area contributed by atoms with Crippen LogP contribution in [0, 0.1) is 11.7 Å². The van der Waals surface area contributed by atoms with E-state index in [1.165, 1.54) is 25.0 Å². The van der Waals surface area contributed by atoms with Crippen LogP contribution in [0.4, 0.5) is 4.39 Å². The van der Waals surface area contributed by atoms with Gasteiger partial charge in [0.2, 0.25) is 0 Å². The smallest absolute Gasteiger partial charge is 0.125 e. The van der Waals surface area contributed by atoms with Crippen LogP contribution in [0.2, 0.25) is 0 Å². The number of imidazole rings is 1. The molecule has 20 heavy (non-hydrogen) atoms. The molecule has 108 valence electrons. The molecular formula is C16H22FN3. The highest BCUT2D eigenvalue weighted by molar-refractivity contribution is 5.76. The van der Waals surface area contributed by atoms with Crippen molar-refractivity contribution in [2.75, 3.05) is 6.54 Å². The van der Waals surface area contributed by atoms with E-state index < -0.39 is 0 Å². The van der Waals surface area contributed by atoms with Gasteiger partial charge in [-0.2, -0.15) is 0 Å². The summed E-state index contributed by atoms with van der Waals surface area (Å²) in [6.07, 6.45) is 4.53. The first kappa shape index (κ1) is 13.6. The first-order valence-corrected chi connectivity index (χ1v) is 7.38. The summed E-state index contributed by atoms with van der Waals surface area (Å²) in [5.41, 5.74) is 7.77. The Labute approximate surface area is 119 Å². The molecule has 0 aliphatic heterocycles. The molecule has 1 aliphatic rings. The van der Waals surface area contributed by atoms with Crippen molar-refractivity contribution in [2.45, 2.75) is 38.0 Å². The Morgan fingerprint density at radius 3 is 2.75 bits per heavy atom. The molecule has 0 saturated heterocycles. The first-order valence-electron chi connectivity index (χ1n) is 7.38. The van der Waals surface area contributed by atoms with Crippen molar-refractivity contribution < 1.29 is 4.39 Å². The van der Waals surface area contributed by atoms with Crippen LogP contribution < -0.4 is 5.73 Å². The number of halogens is 1. The van der Waals surface area contributed by atoms with Crippen LogP contribution in [0.15, 0.2) is 18.2 Å². The number of aryl methyl sites for hydroxylation is 1. The second-order valence-electron chi connectivity index (χ2n) is 6.29. The van der Waals surface area contributed by atoms with Gasteiger partial charge in [0.25, 0.3) is 0 Å². The van der Waals surface area contributed by atoms with E-state index in [1.54, 1.807) is 6.07 Å². The Kier molecular flexibility index (Phi) is 3.28. The average molecular weight is 275 g/mol. The SMILES string of the molecule is CC1CCC(CN)(c2nc3cc(F)ccc3n2C)CC1. The highest BCUT2D eigenvalue weighted by Gasteiger charge is 2.38. The Bertz CT molecular complexity index is 624. The summed E-state index contributed by atoms with van der Waals surface area (Å²) in [5, 5.41) is 0. The van der Waals surface area contributed by atoms with Gasteiger partial charge in [-0.05, 0) is 43.7 Å². The standard InChI is InChI=1S/C16H22FN3/c1-11-5-7-16(10-18,8-6-11)15-19-13-9-12(17)3-4-14(13)20(15)2/h3-4,9,11H,5-8,10,18H2,1-2H3. The zero-order valence-corrected chi connectivity index (χ0v) is 12.2. The van der Waals surface area contributed by atoms with Gasteiger partial charge in [0.1, 0.15) is 11.6 Å². The van der Waals surface area contributed by atoms with Gasteiger partial charge in [-0.1, -0.05) is 6.92 Å². The molecule has 1 aromatic heterocycles. The molecule has 3 nitrogen and oxygen atoms in total. The number of rotatable bonds is 2. The van der Waals surface area contributed by atoms with Crippen molar-refractivity contribution >= 4 is 11.0 Å². The van der Waals surface area contributed by atoms with Crippen LogP contribution in [-0.2, 0) is 12.5 Å². The largest absolute Gasteiger partial charge is 0.331 e. The summed E-state index contributed by atoms with van der Waals surface area (Å²) in [6, 6.07) is 4.80. The van der Waals surface area contributed by atoms with E-state index in [1.807, 2.05) is 7.05 Å². The molecule has 0 bridgehead atoms. The molecule has 1 fully saturated rings. The van der Waals surface area contributed by atoms with E-state index in [4.69, 9.17) is 10.7 Å². The van der Waals surface area contributed by atoms with Crippen molar-refractivity contribution in [1.82, 2.24) is 9.55 Å². The van der Waals surface area contributed by atoms with Crippen LogP contribution in [0.25, 0.3) is 11.0 Å². The van der Waals surface area contributed by atoms with E-state index in [2.05, 4.69) is 11.5 Å². The summed E-state index contributed by atoms with van der Waals surface area (Å²) in [4.78, 5) is 4.71. The molecule has 2 aromatic rings. The van der Waals surface area contributed by atoms with Crippen LogP contribution in [0.5, 0.6) is 0 Å². The highest BCUT2D eigenvalue weighted by atomic mass is 19.1. The minimum Gasteiger partial charge on any atom is -0.331 e. The number of hydrogen-bond donors (Lipinski definition) is 1. The summed E-state index contributed by atoms with van der Waals surface area (Å²) in [6.45, 7) is 2.91. The third-order valence-corrected chi connectivity index (χ3v) is 4.94. The maximum atomic E-state index is 13.4. The number of aromatic nitrogens is 2. The Balaban J connectivity index is 2.10. The molecule has 2 N–H and O–H groups in total. The third kappa shape index (κ3) is 2.03. The fraction of sp³-hybridized carbons (Fsp3) is 0.562. The van der Waals surface area contributed by atoms with Gasteiger partial charge in [0.05, 0.1) is 11.0 Å². The maximum absolute atomic E-state index is 13.4. The van der Waals surface area contributed by atoms with E-state index in [9.17, 15) is 4.39 Å². The second kappa shape index (κ2) is 4.85. The lowest BCUT2D eigenvalue weighted by molar-refractivity contribution is 0.233. The van der Waals surface area contributed by atoms with Crippen molar-refractivity contribution in [3.05, 3.63) is 29.8 Å². The van der Waals surface area contributed by atoms with Gasteiger partial charge in [-0.25, -0.2) is 9.37 Å². The lowest BCUT2D eigenvalue weighted by Gasteiger charge is -2.37. The van der Waals surface area contributed by atoms with Crippen molar-refractivity contribution in [1.29, 1.82) is 0 Å². The van der Waals surface area contributed by atoms with Gasteiger partial charge in [0, 0.05) is 25.1 Å². The van der Waals surface area contributed by atoms with Crippen molar-refractivity contribution in [2.24, 2.45) is 18.7 Å². The highest BCUT2D eigenvalue weighted by Crippen LogP contribution is 2.41. The molecule has 1 aromatic carbocycles. The molecule has 0 unspecified atom stereocenters. The van der Waals surface area contributed by atoms with E-state index in [0.717, 1.165) is 35.6 Å². The summed E-state index contributed by atoms with van der Waals surface area (Å²) < 4.78 is 15.5. The zero-order chi connectivity index (χ0) is 14.3. The molecular weight excluding hydrogens is 253 g/mol. The molecule has 0 amide bonds. The first-order chi connectivity index (χ1) is 9.55. The quantitative estimate of drug-likeness (QED) is 0.915. The fourth-order valence-electron chi connectivity index (χ4n) is 3.48. The monoisotopic (exact) mass is 275 g/mol. The number of benzene rings is 1. The molecule has 1 saturated carbocycles. The predicted octanol–water partition coefficient (Wildman–Crippen LogP) is 3.12. The van der Waals surface area contributed by atoms with Gasteiger partial charge in [0.15, 0.2) is 0 Å².